The summed E-state index contributed by atoms with van der Waals surface area (Å²) >= 11 is 0. The molecule has 0 fully saturated rings. The molecule has 0 saturated heterocycles. The van der Waals surface area contributed by atoms with E-state index in [1.54, 1.807) is 50.2 Å². The number of hydrogen-bond donors (Lipinski definition) is 2. The molecule has 0 unspecified atom stereocenters. The standard InChI is InChI=1S/C23H22N2O5S/c1-15-8-4-5-12-20(15)25-31(28,29)18-10-6-9-17(14-18)22(26)24-21-13-7-11-19(16(21)2)23(27)30-3/h4-14,25H,1-3H3,(H,24,26). The average Bonchev–Trinajstić information content (AvgIpc) is 2.76. The number of esters is 1. The minimum atomic E-state index is -3.89. The maximum atomic E-state index is 12.8. The molecule has 0 bridgehead atoms. The summed E-state index contributed by atoms with van der Waals surface area (Å²) in [6.07, 6.45) is 0. The van der Waals surface area contributed by atoms with Crippen LogP contribution in [0.2, 0.25) is 0 Å². The number of para-hydroxylation sites is 1. The van der Waals surface area contributed by atoms with E-state index in [2.05, 4.69) is 10.0 Å². The molecule has 0 spiro atoms. The number of methoxy groups -OCH3 is 1. The summed E-state index contributed by atoms with van der Waals surface area (Å²) in [4.78, 5) is 24.6. The molecule has 0 aliphatic heterocycles. The van der Waals surface area contributed by atoms with Gasteiger partial charge in [-0.05, 0) is 61.4 Å². The minimum absolute atomic E-state index is 0.0385. The van der Waals surface area contributed by atoms with Gasteiger partial charge in [0.05, 0.1) is 23.3 Å². The highest BCUT2D eigenvalue weighted by molar-refractivity contribution is 7.92. The van der Waals surface area contributed by atoms with E-state index in [-0.39, 0.29) is 10.5 Å². The van der Waals surface area contributed by atoms with Crippen LogP contribution in [0.3, 0.4) is 0 Å². The molecule has 0 saturated carbocycles. The van der Waals surface area contributed by atoms with E-state index in [0.717, 1.165) is 5.56 Å². The summed E-state index contributed by atoms with van der Waals surface area (Å²) in [6, 6.07) is 17.6. The Kier molecular flexibility index (Phi) is 6.41. The number of nitrogens with one attached hydrogen (secondary N) is 2. The van der Waals surface area contributed by atoms with Gasteiger partial charge in [0.1, 0.15) is 0 Å². The van der Waals surface area contributed by atoms with Crippen molar-refractivity contribution in [3.8, 4) is 0 Å². The van der Waals surface area contributed by atoms with E-state index < -0.39 is 21.9 Å². The molecule has 8 heteroatoms. The Morgan fingerprint density at radius 1 is 0.871 bits per heavy atom. The van der Waals surface area contributed by atoms with Crippen LogP contribution in [-0.2, 0) is 14.8 Å². The molecule has 3 rings (SSSR count). The molecule has 7 nitrogen and oxygen atoms in total. The highest BCUT2D eigenvalue weighted by Gasteiger charge is 2.18. The molecule has 1 amide bonds. The van der Waals surface area contributed by atoms with Gasteiger partial charge in [-0.15, -0.1) is 0 Å². The van der Waals surface area contributed by atoms with Crippen LogP contribution in [0.1, 0.15) is 31.8 Å². The number of carbonyl (C=O) groups excluding carboxylic acids is 2. The maximum Gasteiger partial charge on any atom is 0.338 e. The summed E-state index contributed by atoms with van der Waals surface area (Å²) in [5, 5.41) is 2.72. The van der Waals surface area contributed by atoms with Crippen LogP contribution in [0.15, 0.2) is 71.6 Å². The Balaban J connectivity index is 1.86. The van der Waals surface area contributed by atoms with E-state index >= 15 is 0 Å². The van der Waals surface area contributed by atoms with Gasteiger partial charge in [-0.2, -0.15) is 0 Å². The molecule has 0 atom stereocenters. The molecule has 0 aliphatic carbocycles. The van der Waals surface area contributed by atoms with Crippen LogP contribution in [0, 0.1) is 13.8 Å². The van der Waals surface area contributed by atoms with Gasteiger partial charge in [-0.1, -0.05) is 30.3 Å². The van der Waals surface area contributed by atoms with Crippen molar-refractivity contribution < 1.29 is 22.7 Å². The maximum absolute atomic E-state index is 12.8. The third-order valence-electron chi connectivity index (χ3n) is 4.78. The van der Waals surface area contributed by atoms with E-state index in [4.69, 9.17) is 4.74 Å². The number of rotatable bonds is 6. The molecule has 0 aliphatic rings. The van der Waals surface area contributed by atoms with Crippen molar-refractivity contribution in [3.05, 3.63) is 89.0 Å². The Labute approximate surface area is 181 Å². The zero-order valence-electron chi connectivity index (χ0n) is 17.3. The highest BCUT2D eigenvalue weighted by atomic mass is 32.2. The van der Waals surface area contributed by atoms with Gasteiger partial charge in [-0.25, -0.2) is 13.2 Å². The van der Waals surface area contributed by atoms with Crippen LogP contribution in [0.5, 0.6) is 0 Å². The summed E-state index contributed by atoms with van der Waals surface area (Å²) in [6.45, 7) is 3.49. The van der Waals surface area contributed by atoms with Crippen molar-refractivity contribution in [2.75, 3.05) is 17.1 Å². The largest absolute Gasteiger partial charge is 0.465 e. The number of aryl methyl sites for hydroxylation is 1. The first-order valence-electron chi connectivity index (χ1n) is 9.40. The predicted molar refractivity (Wildman–Crippen MR) is 119 cm³/mol. The minimum Gasteiger partial charge on any atom is -0.465 e. The van der Waals surface area contributed by atoms with Crippen molar-refractivity contribution >= 4 is 33.3 Å². The fraction of sp³-hybridized carbons (Fsp3) is 0.130. The van der Waals surface area contributed by atoms with Gasteiger partial charge in [0, 0.05) is 11.3 Å². The van der Waals surface area contributed by atoms with Gasteiger partial charge >= 0.3 is 5.97 Å². The van der Waals surface area contributed by atoms with Crippen molar-refractivity contribution in [1.29, 1.82) is 0 Å². The van der Waals surface area contributed by atoms with Crippen molar-refractivity contribution in [3.63, 3.8) is 0 Å². The van der Waals surface area contributed by atoms with Crippen LogP contribution >= 0.6 is 0 Å². The number of benzene rings is 3. The van der Waals surface area contributed by atoms with E-state index in [0.29, 0.717) is 22.5 Å². The third-order valence-corrected chi connectivity index (χ3v) is 6.15. The lowest BCUT2D eigenvalue weighted by atomic mass is 10.1. The molecule has 0 aromatic heterocycles. The summed E-state index contributed by atoms with van der Waals surface area (Å²) in [5.41, 5.74) is 2.72. The first-order valence-corrected chi connectivity index (χ1v) is 10.9. The zero-order valence-corrected chi connectivity index (χ0v) is 18.1. The molecular formula is C23H22N2O5S. The number of anilines is 2. The average molecular weight is 439 g/mol. The van der Waals surface area contributed by atoms with E-state index in [1.807, 2.05) is 6.07 Å². The second-order valence-corrected chi connectivity index (χ2v) is 8.55. The number of sulfonamides is 1. The van der Waals surface area contributed by atoms with Crippen LogP contribution in [0.25, 0.3) is 0 Å². The normalized spacial score (nSPS) is 10.9. The molecule has 160 valence electrons. The topological polar surface area (TPSA) is 102 Å². The second kappa shape index (κ2) is 9.01. The van der Waals surface area contributed by atoms with Crippen molar-refractivity contribution in [1.82, 2.24) is 0 Å². The molecule has 31 heavy (non-hydrogen) atoms. The van der Waals surface area contributed by atoms with Gasteiger partial charge in [0.2, 0.25) is 0 Å². The SMILES string of the molecule is COC(=O)c1cccc(NC(=O)c2cccc(S(=O)(=O)Nc3ccccc3C)c2)c1C. The third kappa shape index (κ3) is 4.92. The lowest BCUT2D eigenvalue weighted by molar-refractivity contribution is 0.0599. The second-order valence-electron chi connectivity index (χ2n) is 6.87. The predicted octanol–water partition coefficient (Wildman–Crippen LogP) is 4.14. The number of hydrogen-bond acceptors (Lipinski definition) is 5. The van der Waals surface area contributed by atoms with Gasteiger partial charge in [0.15, 0.2) is 0 Å². The quantitative estimate of drug-likeness (QED) is 0.563. The van der Waals surface area contributed by atoms with Gasteiger partial charge in [-0.3, -0.25) is 9.52 Å². The summed E-state index contributed by atoms with van der Waals surface area (Å²) in [5.74, 6) is -1.01. The fourth-order valence-corrected chi connectivity index (χ4v) is 4.17. The smallest absolute Gasteiger partial charge is 0.338 e. The number of carbonyl (C=O) groups is 2. The van der Waals surface area contributed by atoms with E-state index in [1.165, 1.54) is 31.4 Å². The first-order chi connectivity index (χ1) is 14.7. The Morgan fingerprint density at radius 3 is 2.26 bits per heavy atom. The molecule has 2 N–H and O–H groups in total. The lowest BCUT2D eigenvalue weighted by Gasteiger charge is -2.13. The Bertz CT molecular complexity index is 1250. The van der Waals surface area contributed by atoms with Crippen LogP contribution < -0.4 is 10.0 Å². The first kappa shape index (κ1) is 22.0. The molecule has 3 aromatic carbocycles. The molecular weight excluding hydrogens is 416 g/mol. The van der Waals surface area contributed by atoms with Crippen molar-refractivity contribution in [2.24, 2.45) is 0 Å². The number of amides is 1. The van der Waals surface area contributed by atoms with Crippen molar-refractivity contribution in [2.45, 2.75) is 18.7 Å². The molecule has 3 aromatic rings. The van der Waals surface area contributed by atoms with Gasteiger partial charge in [0.25, 0.3) is 15.9 Å². The summed E-state index contributed by atoms with van der Waals surface area (Å²) < 4.78 is 32.9. The van der Waals surface area contributed by atoms with Crippen LogP contribution in [-0.4, -0.2) is 27.4 Å². The summed E-state index contributed by atoms with van der Waals surface area (Å²) in [7, 11) is -2.60. The van der Waals surface area contributed by atoms with Gasteiger partial charge < -0.3 is 10.1 Å². The fourth-order valence-electron chi connectivity index (χ4n) is 2.99. The Hall–Kier alpha value is -3.65. The Morgan fingerprint density at radius 2 is 1.55 bits per heavy atom. The number of ether oxygens (including phenoxy) is 1. The van der Waals surface area contributed by atoms with Crippen LogP contribution in [0.4, 0.5) is 11.4 Å². The monoisotopic (exact) mass is 438 g/mol. The zero-order chi connectivity index (χ0) is 22.6. The molecule has 0 heterocycles. The molecule has 0 radical (unpaired) electrons. The highest BCUT2D eigenvalue weighted by Crippen LogP contribution is 2.23. The van der Waals surface area contributed by atoms with E-state index in [9.17, 15) is 18.0 Å². The lowest BCUT2D eigenvalue weighted by Crippen LogP contribution is -2.17.